The Kier molecular flexibility index (Phi) is 3.48. The molecule has 2 atom stereocenters. The first-order chi connectivity index (χ1) is 9.24. The summed E-state index contributed by atoms with van der Waals surface area (Å²) in [6, 6.07) is 9.99. The van der Waals surface area contributed by atoms with Crippen LogP contribution >= 0.6 is 11.5 Å². The van der Waals surface area contributed by atoms with Crippen LogP contribution in [0.5, 0.6) is 0 Å². The highest BCUT2D eigenvalue weighted by Crippen LogP contribution is 2.27. The summed E-state index contributed by atoms with van der Waals surface area (Å²) in [6.07, 6.45) is 0.736. The Morgan fingerprint density at radius 2 is 2.11 bits per heavy atom. The number of aliphatic hydroxyl groups excluding tert-OH is 1. The molecule has 1 saturated heterocycles. The Hall–Kier alpha value is -1.46. The molecule has 0 saturated carbocycles. The molecule has 1 aromatic carbocycles. The van der Waals surface area contributed by atoms with Crippen molar-refractivity contribution in [3.05, 3.63) is 30.3 Å². The zero-order valence-electron chi connectivity index (χ0n) is 10.9. The van der Waals surface area contributed by atoms with Crippen LogP contribution in [0, 0.1) is 5.92 Å². The molecule has 2 unspecified atom stereocenters. The normalized spacial score (nSPS) is 23.6. The first-order valence-electron chi connectivity index (χ1n) is 6.56. The molecule has 4 nitrogen and oxygen atoms in total. The summed E-state index contributed by atoms with van der Waals surface area (Å²) in [6.45, 7) is 3.70. The number of nitrogens with zero attached hydrogens (tertiary/aromatic N) is 3. The van der Waals surface area contributed by atoms with Gasteiger partial charge in [-0.3, -0.25) is 0 Å². The lowest BCUT2D eigenvalue weighted by Gasteiger charge is -2.33. The molecule has 0 radical (unpaired) electrons. The van der Waals surface area contributed by atoms with Crippen molar-refractivity contribution in [1.82, 2.24) is 9.36 Å². The molecular formula is C14H17N3OS. The number of aromatic nitrogens is 2. The van der Waals surface area contributed by atoms with E-state index in [2.05, 4.69) is 21.2 Å². The molecule has 0 amide bonds. The molecule has 2 heterocycles. The first-order valence-corrected chi connectivity index (χ1v) is 7.33. The number of hydrogen-bond donors (Lipinski definition) is 1. The quantitative estimate of drug-likeness (QED) is 0.914. The third kappa shape index (κ3) is 2.62. The van der Waals surface area contributed by atoms with E-state index in [-0.39, 0.29) is 6.10 Å². The fraction of sp³-hybridized carbons (Fsp3) is 0.429. The minimum Gasteiger partial charge on any atom is -0.391 e. The lowest BCUT2D eigenvalue weighted by Crippen LogP contribution is -2.42. The predicted octanol–water partition coefficient (Wildman–Crippen LogP) is 2.41. The van der Waals surface area contributed by atoms with E-state index in [4.69, 9.17) is 0 Å². The standard InChI is InChI=1S/C14H17N3OS/c1-10-7-8-17(9-12(10)18)14-15-13(16-19-14)11-5-3-2-4-6-11/h2-6,10,12,18H,7-9H2,1H3. The van der Waals surface area contributed by atoms with Gasteiger partial charge in [0.1, 0.15) is 0 Å². The topological polar surface area (TPSA) is 49.2 Å². The average Bonchev–Trinajstić information content (AvgIpc) is 2.93. The van der Waals surface area contributed by atoms with Crippen LogP contribution < -0.4 is 4.90 Å². The van der Waals surface area contributed by atoms with Crippen LogP contribution in [0.4, 0.5) is 5.13 Å². The molecule has 1 aliphatic heterocycles. The van der Waals surface area contributed by atoms with Gasteiger partial charge in [0.2, 0.25) is 5.13 Å². The number of rotatable bonds is 2. The second-order valence-corrected chi connectivity index (χ2v) is 5.78. The third-order valence-electron chi connectivity index (χ3n) is 3.64. The maximum Gasteiger partial charge on any atom is 0.205 e. The van der Waals surface area contributed by atoms with Crippen molar-refractivity contribution in [2.24, 2.45) is 5.92 Å². The highest BCUT2D eigenvalue weighted by Gasteiger charge is 2.26. The third-order valence-corrected chi connectivity index (χ3v) is 4.41. The van der Waals surface area contributed by atoms with Crippen LogP contribution in [-0.4, -0.2) is 33.7 Å². The molecule has 100 valence electrons. The summed E-state index contributed by atoms with van der Waals surface area (Å²) in [4.78, 5) is 6.72. The van der Waals surface area contributed by atoms with Crippen LogP contribution in [0.2, 0.25) is 0 Å². The van der Waals surface area contributed by atoms with Gasteiger partial charge in [-0.2, -0.15) is 9.36 Å². The summed E-state index contributed by atoms with van der Waals surface area (Å²) in [5, 5.41) is 10.9. The van der Waals surface area contributed by atoms with Gasteiger partial charge >= 0.3 is 0 Å². The number of piperidine rings is 1. The van der Waals surface area contributed by atoms with E-state index in [1.165, 1.54) is 11.5 Å². The molecule has 19 heavy (non-hydrogen) atoms. The fourth-order valence-corrected chi connectivity index (χ4v) is 2.99. The largest absolute Gasteiger partial charge is 0.391 e. The van der Waals surface area contributed by atoms with Crippen molar-refractivity contribution in [3.8, 4) is 11.4 Å². The van der Waals surface area contributed by atoms with Crippen molar-refractivity contribution in [3.63, 3.8) is 0 Å². The number of β-amino-alcohol motifs (C(OH)–C–C–N with tert-alkyl or cyclic N) is 1. The van der Waals surface area contributed by atoms with E-state index in [1.54, 1.807) is 0 Å². The van der Waals surface area contributed by atoms with Crippen LogP contribution in [0.15, 0.2) is 30.3 Å². The van der Waals surface area contributed by atoms with Gasteiger partial charge in [-0.25, -0.2) is 0 Å². The van der Waals surface area contributed by atoms with Crippen LogP contribution in [0.25, 0.3) is 11.4 Å². The van der Waals surface area contributed by atoms with Crippen molar-refractivity contribution in [1.29, 1.82) is 0 Å². The molecule has 1 N–H and O–H groups in total. The zero-order chi connectivity index (χ0) is 13.2. The lowest BCUT2D eigenvalue weighted by atomic mass is 9.96. The van der Waals surface area contributed by atoms with E-state index in [0.29, 0.717) is 12.5 Å². The molecule has 3 rings (SSSR count). The van der Waals surface area contributed by atoms with E-state index in [9.17, 15) is 5.11 Å². The van der Waals surface area contributed by atoms with Crippen LogP contribution in [0.3, 0.4) is 0 Å². The zero-order valence-corrected chi connectivity index (χ0v) is 11.7. The van der Waals surface area contributed by atoms with E-state index in [1.807, 2.05) is 30.3 Å². The smallest absolute Gasteiger partial charge is 0.205 e. The molecule has 5 heteroatoms. The van der Waals surface area contributed by atoms with Crippen molar-refractivity contribution >= 4 is 16.7 Å². The minimum absolute atomic E-state index is 0.266. The molecular weight excluding hydrogens is 258 g/mol. The second-order valence-electron chi connectivity index (χ2n) is 5.05. The monoisotopic (exact) mass is 275 g/mol. The Labute approximate surface area is 116 Å². The second kappa shape index (κ2) is 5.27. The van der Waals surface area contributed by atoms with E-state index >= 15 is 0 Å². The van der Waals surface area contributed by atoms with Gasteiger partial charge in [-0.05, 0) is 12.3 Å². The van der Waals surface area contributed by atoms with Crippen LogP contribution in [-0.2, 0) is 0 Å². The number of anilines is 1. The molecule has 0 bridgehead atoms. The Morgan fingerprint density at radius 1 is 1.32 bits per heavy atom. The number of aliphatic hydroxyl groups is 1. The molecule has 0 aliphatic carbocycles. The van der Waals surface area contributed by atoms with Gasteiger partial charge < -0.3 is 10.0 Å². The Morgan fingerprint density at radius 3 is 2.84 bits per heavy atom. The first kappa shape index (κ1) is 12.6. The van der Waals surface area contributed by atoms with Gasteiger partial charge in [0.05, 0.1) is 6.10 Å². The molecule has 1 aliphatic rings. The van der Waals surface area contributed by atoms with Crippen molar-refractivity contribution < 1.29 is 5.11 Å². The van der Waals surface area contributed by atoms with Gasteiger partial charge in [-0.15, -0.1) is 0 Å². The summed E-state index contributed by atoms with van der Waals surface area (Å²) in [7, 11) is 0. The van der Waals surface area contributed by atoms with E-state index < -0.39 is 0 Å². The van der Waals surface area contributed by atoms with Gasteiger partial charge in [0.15, 0.2) is 5.82 Å². The van der Waals surface area contributed by atoms with Gasteiger partial charge in [0, 0.05) is 30.2 Å². The minimum atomic E-state index is -0.266. The highest BCUT2D eigenvalue weighted by molar-refractivity contribution is 7.09. The summed E-state index contributed by atoms with van der Waals surface area (Å²) in [5.41, 5.74) is 1.04. The fourth-order valence-electron chi connectivity index (χ4n) is 2.27. The number of hydrogen-bond acceptors (Lipinski definition) is 5. The van der Waals surface area contributed by atoms with Crippen molar-refractivity contribution in [2.45, 2.75) is 19.4 Å². The molecule has 2 aromatic rings. The predicted molar refractivity (Wildman–Crippen MR) is 77.3 cm³/mol. The maximum atomic E-state index is 9.95. The van der Waals surface area contributed by atoms with Gasteiger partial charge in [0.25, 0.3) is 0 Å². The Bertz CT molecular complexity index is 543. The van der Waals surface area contributed by atoms with Crippen molar-refractivity contribution in [2.75, 3.05) is 18.0 Å². The maximum absolute atomic E-state index is 9.95. The molecule has 1 aromatic heterocycles. The SMILES string of the molecule is CC1CCN(c2nc(-c3ccccc3)ns2)CC1O. The number of benzene rings is 1. The Balaban J connectivity index is 1.79. The van der Waals surface area contributed by atoms with Gasteiger partial charge in [-0.1, -0.05) is 37.3 Å². The summed E-state index contributed by atoms with van der Waals surface area (Å²) >= 11 is 1.41. The van der Waals surface area contributed by atoms with Crippen LogP contribution in [0.1, 0.15) is 13.3 Å². The lowest BCUT2D eigenvalue weighted by molar-refractivity contribution is 0.103. The highest BCUT2D eigenvalue weighted by atomic mass is 32.1. The molecule has 1 fully saturated rings. The summed E-state index contributed by atoms with van der Waals surface area (Å²) < 4.78 is 4.41. The van der Waals surface area contributed by atoms with E-state index in [0.717, 1.165) is 29.5 Å². The molecule has 0 spiro atoms. The summed E-state index contributed by atoms with van der Waals surface area (Å²) in [5.74, 6) is 1.14. The average molecular weight is 275 g/mol.